The summed E-state index contributed by atoms with van der Waals surface area (Å²) in [6.07, 6.45) is 30.0. The molecule has 13 saturated carbocycles. The Morgan fingerprint density at radius 1 is 0.504 bits per heavy atom. The fraction of sp³-hybridized carbons (Fsp3) is 0.721. The van der Waals surface area contributed by atoms with Crippen LogP contribution in [0.1, 0.15) is 327 Å². The molecule has 0 radical (unpaired) electrons. The van der Waals surface area contributed by atoms with E-state index in [0.29, 0.717) is 89.5 Å². The second-order valence-corrected chi connectivity index (χ2v) is 50.6. The number of nitrogens with one attached hydrogen (secondary N) is 3. The van der Waals surface area contributed by atoms with Crippen LogP contribution in [0.15, 0.2) is 96.2 Å². The minimum Gasteiger partial charge on any atom is -0.481 e. The summed E-state index contributed by atoms with van der Waals surface area (Å²) in [7, 11) is 0. The van der Waals surface area contributed by atoms with E-state index in [1.54, 1.807) is 17.7 Å². The third-order valence-electron chi connectivity index (χ3n) is 44.9. The maximum absolute atomic E-state index is 13.9. The smallest absolute Gasteiger partial charge is 0.322 e. The molecule has 127 heavy (non-hydrogen) atoms. The van der Waals surface area contributed by atoms with Gasteiger partial charge in [-0.3, -0.25) is 29.3 Å². The first kappa shape index (κ1) is 90.8. The van der Waals surface area contributed by atoms with Crippen molar-refractivity contribution in [2.24, 2.45) is 170 Å². The molecule has 2 heterocycles. The molecule has 0 saturated heterocycles. The number of non-ortho nitro benzene ring substituents is 1. The lowest BCUT2D eigenvalue weighted by Crippen LogP contribution is -2.67. The van der Waals surface area contributed by atoms with E-state index < -0.39 is 34.2 Å². The average molecular weight is 1750 g/mol. The van der Waals surface area contributed by atoms with Gasteiger partial charge in [0.15, 0.2) is 0 Å². The molecule has 2 aromatic heterocycles. The lowest BCUT2D eigenvalue weighted by molar-refractivity contribution is -0.384. The van der Waals surface area contributed by atoms with Gasteiger partial charge in [-0.25, -0.2) is 0 Å². The van der Waals surface area contributed by atoms with Gasteiger partial charge in [-0.05, 0) is 390 Å². The van der Waals surface area contributed by atoms with Gasteiger partial charge in [0, 0.05) is 66.6 Å². The zero-order valence-electron chi connectivity index (χ0n) is 80.7. The van der Waals surface area contributed by atoms with E-state index in [1.165, 1.54) is 126 Å². The average Bonchev–Trinajstić information content (AvgIpc) is 1.51. The van der Waals surface area contributed by atoms with Crippen molar-refractivity contribution in [3.8, 4) is 0 Å². The molecule has 13 fully saturated rings. The summed E-state index contributed by atoms with van der Waals surface area (Å²) in [6, 6.07) is 21.7. The predicted molar refractivity (Wildman–Crippen MR) is 507 cm³/mol. The number of hydrogen-bond acceptors (Lipinski definition) is 8. The Kier molecular flexibility index (Phi) is 21.7. The van der Waals surface area contributed by atoms with Gasteiger partial charge in [-0.2, -0.15) is 0 Å². The number of amides is 1. The van der Waals surface area contributed by atoms with Crippen LogP contribution in [0.2, 0.25) is 5.02 Å². The predicted octanol–water partition coefficient (Wildman–Crippen LogP) is 26.9. The number of oxime groups is 1. The first-order chi connectivity index (χ1) is 59.5. The van der Waals surface area contributed by atoms with Crippen molar-refractivity contribution in [1.29, 1.82) is 0 Å². The standard InChI is InChI=1S/C38H52N2O3.C37H54N2O5.C36H48ClNO2/c1-22(2)23-14-17-38(33(43)39-21-30(41)42)19-18-36(6)26(31(23)38)12-13-29-35(5)20-25-24-10-8-9-11-27(24)40-32(25)34(3,4)28(35)15-16-37(29,36)7;1-23(2)26-14-19-37(32(40)41)21-20-35(6)27(31(26)37)12-13-29-34(5)17-16-30(33(3,4)28(34)15-18-36(29,35)7)38-44-22-24-8-10-25(11-9-24)39(42)43;1-20(2)22-12-15-36(31(39)40)17-16-34(6)25(29(22)36)9-11-28-33(5)19-24-23-18-21(37)8-10-26(23)38-30(24)32(3,4)27(33)13-14-35(28,34)7/h8-11,23,26,28-29,31,40H,1,12-21H2,2-7H3,(H,39,43)(H,41,42);8-11,23,26-29,31H,12-22H2,1-7H3,(H,40,41);8,10,18,22,25,27-29,38H,1,9,11-17,19H2,2-7H3,(H,39,40)/b;38-30-;/t23-,26?,28?,29?,31?,35-,36+,37+,38-;26-,27-,28+,29-,31-,34+,35-,36-,37+;22-,25?,27?,28?,29?,33-,34+,35+,36-/m010/s1. The van der Waals surface area contributed by atoms with Gasteiger partial charge >= 0.3 is 17.9 Å². The minimum atomic E-state index is -0.969. The number of benzene rings is 3. The number of carboxylic acids is 3. The van der Waals surface area contributed by atoms with Gasteiger partial charge in [0.25, 0.3) is 5.69 Å². The molecule has 690 valence electrons. The summed E-state index contributed by atoms with van der Waals surface area (Å²) in [6.45, 7) is 56.1. The maximum Gasteiger partial charge on any atom is 0.322 e. The minimum absolute atomic E-state index is 0.0189. The summed E-state index contributed by atoms with van der Waals surface area (Å²) in [5.74, 6) is 5.47. The molecule has 15 nitrogen and oxygen atoms in total. The van der Waals surface area contributed by atoms with Crippen LogP contribution in [0.25, 0.3) is 21.8 Å². The quantitative estimate of drug-likeness (QED) is 0.0392. The fourth-order valence-corrected chi connectivity index (χ4v) is 38.8. The van der Waals surface area contributed by atoms with Crippen molar-refractivity contribution in [3.63, 3.8) is 0 Å². The van der Waals surface area contributed by atoms with Crippen molar-refractivity contribution in [3.05, 3.63) is 134 Å². The maximum atomic E-state index is 13.9. The number of halogens is 1. The van der Waals surface area contributed by atoms with Crippen molar-refractivity contribution < 1.29 is 44.3 Å². The first-order valence-corrected chi connectivity index (χ1v) is 50.5. The Morgan fingerprint density at radius 3 is 1.43 bits per heavy atom. The number of carbonyl (C=O) groups excluding carboxylic acids is 1. The number of allylic oxidation sites excluding steroid dienone is 2. The van der Waals surface area contributed by atoms with E-state index in [0.717, 1.165) is 132 Å². The number of fused-ring (bicyclic) bond motifs is 27. The van der Waals surface area contributed by atoms with E-state index in [9.17, 15) is 44.6 Å². The van der Waals surface area contributed by atoms with Crippen molar-refractivity contribution in [1.82, 2.24) is 15.3 Å². The molecule has 0 aliphatic heterocycles. The van der Waals surface area contributed by atoms with Gasteiger partial charge in [-0.15, -0.1) is 0 Å². The van der Waals surface area contributed by atoms with Crippen molar-refractivity contribution in [2.75, 3.05) is 6.54 Å². The molecule has 5 aromatic rings. The van der Waals surface area contributed by atoms with Gasteiger partial charge < -0.3 is 35.4 Å². The van der Waals surface area contributed by atoms with E-state index in [1.807, 2.05) is 6.07 Å². The summed E-state index contributed by atoms with van der Waals surface area (Å²) < 4.78 is 0. The van der Waals surface area contributed by atoms with Crippen LogP contribution in [0, 0.1) is 175 Å². The molecule has 8 unspecified atom stereocenters. The third kappa shape index (κ3) is 12.6. The number of para-hydroxylation sites is 1. The molecule has 20 rings (SSSR count). The summed E-state index contributed by atoms with van der Waals surface area (Å²) >= 11 is 6.54. The van der Waals surface area contributed by atoms with Crippen molar-refractivity contribution in [2.45, 2.75) is 329 Å². The summed E-state index contributed by atoms with van der Waals surface area (Å²) in [5, 5.41) is 52.8. The second-order valence-electron chi connectivity index (χ2n) is 50.1. The largest absolute Gasteiger partial charge is 0.481 e. The molecule has 3 aromatic carbocycles. The zero-order valence-corrected chi connectivity index (χ0v) is 81.4. The zero-order chi connectivity index (χ0) is 91.2. The van der Waals surface area contributed by atoms with Crippen LogP contribution in [-0.4, -0.2) is 66.3 Å². The number of H-pyrrole nitrogens is 2. The molecule has 0 bridgehead atoms. The van der Waals surface area contributed by atoms with E-state index in [2.05, 4.69) is 196 Å². The van der Waals surface area contributed by atoms with Gasteiger partial charge in [0.2, 0.25) is 5.91 Å². The summed E-state index contributed by atoms with van der Waals surface area (Å²) in [4.78, 5) is 75.5. The SMILES string of the molecule is C=C(C)[C@@H]1CC[C@]2(C(=O)NCC(=O)O)CC[C@]3(C)C(CCC4[C@@]5(C)Cc6c([nH]c7ccccc67)C(C)(C)C5CC[C@]43C)C12.C=C(C)[C@@H]1CC[C@]2(C(=O)O)CC[C@]3(C)C(CCC4[C@@]5(C)Cc6c([nH]c7ccc(Cl)cc67)C(C)(C)C5CC[C@]43C)C12.CC(C)[C@H]1CC[C@]2(C(=O)O)CC[C@]3(C)[C@H](CC[C@@H]4[C@@]5(C)CC/C(=N/OCc6ccc([N+](=O)[O-])cc6)C(C)(C)[C@@H]5CC[C@]43C)[C@@H]12. The van der Waals surface area contributed by atoms with Crippen LogP contribution in [0.5, 0.6) is 0 Å². The number of rotatable bonds is 12. The Morgan fingerprint density at radius 2 is 0.945 bits per heavy atom. The highest BCUT2D eigenvalue weighted by Crippen LogP contribution is 2.82. The first-order valence-electron chi connectivity index (χ1n) is 50.1. The molecule has 0 spiro atoms. The van der Waals surface area contributed by atoms with Crippen LogP contribution >= 0.6 is 11.6 Å². The van der Waals surface area contributed by atoms with Crippen LogP contribution in [0.3, 0.4) is 0 Å². The van der Waals surface area contributed by atoms with Crippen LogP contribution in [0.4, 0.5) is 5.69 Å². The Balaban J connectivity index is 0.000000129. The Hall–Kier alpha value is -6.74. The number of carboxylic acid groups (broad SMARTS) is 3. The van der Waals surface area contributed by atoms with Gasteiger partial charge in [-0.1, -0.05) is 177 Å². The fourth-order valence-electron chi connectivity index (χ4n) is 38.6. The Labute approximate surface area is 763 Å². The van der Waals surface area contributed by atoms with Crippen LogP contribution in [-0.2, 0) is 54.3 Å². The molecule has 27 atom stereocenters. The molecule has 1 amide bonds. The Bertz CT molecular complexity index is 5320. The van der Waals surface area contributed by atoms with Gasteiger partial charge in [0.1, 0.15) is 13.2 Å². The number of nitro benzene ring substituents is 1. The lowest BCUT2D eigenvalue weighted by atomic mass is 9.32. The van der Waals surface area contributed by atoms with E-state index in [4.69, 9.17) is 21.6 Å². The van der Waals surface area contributed by atoms with Crippen molar-refractivity contribution >= 4 is 68.6 Å². The number of aliphatic carboxylic acids is 3. The normalized spacial score (nSPS) is 43.7. The monoisotopic (exact) mass is 1750 g/mol. The molecule has 6 N–H and O–H groups in total. The number of carbonyl (C=O) groups is 4. The number of nitro groups is 1. The topological polar surface area (TPSA) is 237 Å². The number of hydrogen-bond donors (Lipinski definition) is 6. The number of aromatic amines is 2. The highest BCUT2D eigenvalue weighted by Gasteiger charge is 2.77. The lowest BCUT2D eigenvalue weighted by Gasteiger charge is -2.72. The van der Waals surface area contributed by atoms with Crippen LogP contribution < -0.4 is 5.32 Å². The van der Waals surface area contributed by atoms with E-state index in [-0.39, 0.29) is 99.9 Å². The highest BCUT2D eigenvalue weighted by molar-refractivity contribution is 6.31. The van der Waals surface area contributed by atoms with E-state index >= 15 is 0 Å². The second kappa shape index (κ2) is 30.4. The molecule has 15 aliphatic rings. The molecule has 15 aliphatic carbocycles. The highest BCUT2D eigenvalue weighted by atomic mass is 35.5. The van der Waals surface area contributed by atoms with Gasteiger partial charge in [0.05, 0.1) is 26.9 Å². The number of nitrogens with zero attached hydrogens (tertiary/aromatic N) is 2. The third-order valence-corrected chi connectivity index (χ3v) is 45.1. The molecular formula is C111H154ClN5O10. The number of aromatic nitrogens is 2. The summed E-state index contributed by atoms with van der Waals surface area (Å²) in [5.41, 5.74) is 13.1. The molecule has 16 heteroatoms. The molecular weight excluding hydrogens is 1600 g/mol.